The first-order valence-electron chi connectivity index (χ1n) is 6.06. The van der Waals surface area contributed by atoms with Crippen LogP contribution in [0.25, 0.3) is 0 Å². The lowest BCUT2D eigenvalue weighted by molar-refractivity contribution is 0.0993. The predicted molar refractivity (Wildman–Crippen MR) is 75.3 cm³/mol. The summed E-state index contributed by atoms with van der Waals surface area (Å²) in [5, 5.41) is 0.650. The van der Waals surface area contributed by atoms with Crippen LogP contribution < -0.4 is 0 Å². The van der Waals surface area contributed by atoms with Gasteiger partial charge in [-0.3, -0.25) is 4.79 Å². The molecular formula is C16H15ClO. The number of aryl methyl sites for hydroxylation is 1. The van der Waals surface area contributed by atoms with E-state index in [0.717, 1.165) is 17.5 Å². The molecule has 2 aromatic carbocycles. The molecule has 0 unspecified atom stereocenters. The lowest BCUT2D eigenvalue weighted by Gasteiger charge is -2.05. The Morgan fingerprint density at radius 1 is 1.11 bits per heavy atom. The molecule has 2 rings (SSSR count). The van der Waals surface area contributed by atoms with Gasteiger partial charge in [0.2, 0.25) is 0 Å². The van der Waals surface area contributed by atoms with E-state index < -0.39 is 0 Å². The van der Waals surface area contributed by atoms with Gasteiger partial charge in [0, 0.05) is 17.0 Å². The molecule has 1 nitrogen and oxygen atoms in total. The summed E-state index contributed by atoms with van der Waals surface area (Å²) in [7, 11) is 0. The molecule has 0 saturated carbocycles. The minimum absolute atomic E-state index is 0.110. The van der Waals surface area contributed by atoms with Gasteiger partial charge >= 0.3 is 0 Å². The number of ketones is 1. The average Bonchev–Trinajstić information content (AvgIpc) is 2.41. The zero-order valence-electron chi connectivity index (χ0n) is 10.3. The molecule has 0 spiro atoms. The quantitative estimate of drug-likeness (QED) is 0.746. The second kappa shape index (κ2) is 5.83. The van der Waals surface area contributed by atoms with Crippen molar-refractivity contribution in [3.05, 3.63) is 70.2 Å². The van der Waals surface area contributed by atoms with Crippen LogP contribution in [0.1, 0.15) is 28.4 Å². The standard InChI is InChI=1S/C16H15ClO/c1-2-12-6-5-8-14(10-12)16(18)11-13-7-3-4-9-15(13)17/h3-10H,2,11H2,1H3. The maximum absolute atomic E-state index is 12.2. The summed E-state index contributed by atoms with van der Waals surface area (Å²) in [6, 6.07) is 15.3. The Morgan fingerprint density at radius 2 is 1.89 bits per heavy atom. The van der Waals surface area contributed by atoms with Crippen LogP contribution in [-0.4, -0.2) is 5.78 Å². The van der Waals surface area contributed by atoms with Crippen molar-refractivity contribution in [2.45, 2.75) is 19.8 Å². The highest BCUT2D eigenvalue weighted by atomic mass is 35.5. The van der Waals surface area contributed by atoms with Gasteiger partial charge in [-0.15, -0.1) is 0 Å². The van der Waals surface area contributed by atoms with Crippen molar-refractivity contribution < 1.29 is 4.79 Å². The Labute approximate surface area is 112 Å². The van der Waals surface area contributed by atoms with Gasteiger partial charge in [0.15, 0.2) is 5.78 Å². The molecule has 0 fully saturated rings. The van der Waals surface area contributed by atoms with Crippen LogP contribution in [0.2, 0.25) is 5.02 Å². The molecule has 0 saturated heterocycles. The third-order valence-corrected chi connectivity index (χ3v) is 3.33. The molecule has 2 aromatic rings. The van der Waals surface area contributed by atoms with Gasteiger partial charge < -0.3 is 0 Å². The summed E-state index contributed by atoms with van der Waals surface area (Å²) >= 11 is 6.06. The van der Waals surface area contributed by atoms with Crippen molar-refractivity contribution in [2.75, 3.05) is 0 Å². The van der Waals surface area contributed by atoms with Crippen LogP contribution in [0.15, 0.2) is 48.5 Å². The van der Waals surface area contributed by atoms with Gasteiger partial charge in [0.05, 0.1) is 0 Å². The number of halogens is 1. The Morgan fingerprint density at radius 3 is 2.61 bits per heavy atom. The first kappa shape index (κ1) is 12.8. The molecule has 0 aliphatic carbocycles. The van der Waals surface area contributed by atoms with E-state index in [1.165, 1.54) is 5.56 Å². The number of carbonyl (C=O) groups excluding carboxylic acids is 1. The van der Waals surface area contributed by atoms with Crippen LogP contribution in [0.3, 0.4) is 0 Å². The Kier molecular flexibility index (Phi) is 4.16. The first-order valence-corrected chi connectivity index (χ1v) is 6.44. The number of hydrogen-bond acceptors (Lipinski definition) is 1. The summed E-state index contributed by atoms with van der Waals surface area (Å²) in [5.41, 5.74) is 2.82. The third kappa shape index (κ3) is 2.99. The van der Waals surface area contributed by atoms with E-state index >= 15 is 0 Å². The molecule has 0 aromatic heterocycles. The summed E-state index contributed by atoms with van der Waals surface area (Å²) in [5.74, 6) is 0.110. The fourth-order valence-corrected chi connectivity index (χ4v) is 2.08. The van der Waals surface area contributed by atoms with E-state index in [1.54, 1.807) is 0 Å². The molecule has 0 bridgehead atoms. The molecule has 92 valence electrons. The first-order chi connectivity index (χ1) is 8.70. The van der Waals surface area contributed by atoms with E-state index in [1.807, 2.05) is 48.5 Å². The average molecular weight is 259 g/mol. The summed E-state index contributed by atoms with van der Waals surface area (Å²) in [4.78, 5) is 12.2. The number of rotatable bonds is 4. The van der Waals surface area contributed by atoms with Crippen LogP contribution >= 0.6 is 11.6 Å². The Balaban J connectivity index is 2.19. The molecule has 0 aliphatic rings. The van der Waals surface area contributed by atoms with Gasteiger partial charge in [-0.25, -0.2) is 0 Å². The molecule has 0 heterocycles. The minimum Gasteiger partial charge on any atom is -0.294 e. The Bertz CT molecular complexity index is 561. The maximum Gasteiger partial charge on any atom is 0.167 e. The molecule has 0 N–H and O–H groups in total. The van der Waals surface area contributed by atoms with Gasteiger partial charge in [-0.2, -0.15) is 0 Å². The van der Waals surface area contributed by atoms with Gasteiger partial charge in [0.1, 0.15) is 0 Å². The Hall–Kier alpha value is -1.60. The largest absolute Gasteiger partial charge is 0.294 e. The van der Waals surface area contributed by atoms with Crippen LogP contribution in [-0.2, 0) is 12.8 Å². The zero-order chi connectivity index (χ0) is 13.0. The van der Waals surface area contributed by atoms with Crippen molar-refractivity contribution in [3.63, 3.8) is 0 Å². The molecule has 0 atom stereocenters. The number of carbonyl (C=O) groups is 1. The predicted octanol–water partition coefficient (Wildman–Crippen LogP) is 4.33. The smallest absolute Gasteiger partial charge is 0.167 e. The molecule has 2 heteroatoms. The summed E-state index contributed by atoms with van der Waals surface area (Å²) < 4.78 is 0. The fraction of sp³-hybridized carbons (Fsp3) is 0.188. The van der Waals surface area contributed by atoms with Crippen molar-refractivity contribution in [3.8, 4) is 0 Å². The summed E-state index contributed by atoms with van der Waals surface area (Å²) in [6.07, 6.45) is 1.29. The van der Waals surface area contributed by atoms with E-state index in [9.17, 15) is 4.79 Å². The SMILES string of the molecule is CCc1cccc(C(=O)Cc2ccccc2Cl)c1. The normalized spacial score (nSPS) is 10.3. The second-order valence-electron chi connectivity index (χ2n) is 4.25. The van der Waals surface area contributed by atoms with Crippen LogP contribution in [0.4, 0.5) is 0 Å². The lowest BCUT2D eigenvalue weighted by Crippen LogP contribution is -2.04. The van der Waals surface area contributed by atoms with Gasteiger partial charge in [-0.1, -0.05) is 54.9 Å². The van der Waals surface area contributed by atoms with E-state index in [0.29, 0.717) is 11.4 Å². The second-order valence-corrected chi connectivity index (χ2v) is 4.65. The minimum atomic E-state index is 0.110. The van der Waals surface area contributed by atoms with Crippen molar-refractivity contribution >= 4 is 17.4 Å². The topological polar surface area (TPSA) is 17.1 Å². The maximum atomic E-state index is 12.2. The molecule has 0 aliphatic heterocycles. The molecule has 0 radical (unpaired) electrons. The monoisotopic (exact) mass is 258 g/mol. The fourth-order valence-electron chi connectivity index (χ4n) is 1.88. The lowest BCUT2D eigenvalue weighted by atomic mass is 10.0. The molecule has 18 heavy (non-hydrogen) atoms. The number of hydrogen-bond donors (Lipinski definition) is 0. The van der Waals surface area contributed by atoms with E-state index in [2.05, 4.69) is 6.92 Å². The summed E-state index contributed by atoms with van der Waals surface area (Å²) in [6.45, 7) is 2.08. The van der Waals surface area contributed by atoms with Gasteiger partial charge in [-0.05, 0) is 29.7 Å². The zero-order valence-corrected chi connectivity index (χ0v) is 11.1. The number of Topliss-reactive ketones (excluding diaryl/α,β-unsaturated/α-hetero) is 1. The highest BCUT2D eigenvalue weighted by Crippen LogP contribution is 2.17. The highest BCUT2D eigenvalue weighted by Gasteiger charge is 2.09. The molecular weight excluding hydrogens is 244 g/mol. The van der Waals surface area contributed by atoms with Crippen molar-refractivity contribution in [2.24, 2.45) is 0 Å². The third-order valence-electron chi connectivity index (χ3n) is 2.97. The molecule has 0 amide bonds. The number of benzene rings is 2. The van der Waals surface area contributed by atoms with E-state index in [4.69, 9.17) is 11.6 Å². The van der Waals surface area contributed by atoms with Crippen molar-refractivity contribution in [1.29, 1.82) is 0 Å². The van der Waals surface area contributed by atoms with Crippen LogP contribution in [0.5, 0.6) is 0 Å². The van der Waals surface area contributed by atoms with Gasteiger partial charge in [0.25, 0.3) is 0 Å². The van der Waals surface area contributed by atoms with E-state index in [-0.39, 0.29) is 5.78 Å². The highest BCUT2D eigenvalue weighted by molar-refractivity contribution is 6.31. The van der Waals surface area contributed by atoms with Crippen molar-refractivity contribution in [1.82, 2.24) is 0 Å². The van der Waals surface area contributed by atoms with Crippen LogP contribution in [0, 0.1) is 0 Å².